The fourth-order valence-electron chi connectivity index (χ4n) is 3.18. The number of aromatic amines is 1. The van der Waals surface area contributed by atoms with E-state index in [-0.39, 0.29) is 5.95 Å². The minimum absolute atomic E-state index is 0.284. The van der Waals surface area contributed by atoms with E-state index >= 15 is 0 Å². The molecule has 0 bridgehead atoms. The van der Waals surface area contributed by atoms with Gasteiger partial charge in [-0.3, -0.25) is 0 Å². The number of nitrogens with zero attached hydrogens (tertiary/aromatic N) is 4. The molecule has 3 aromatic rings. The van der Waals surface area contributed by atoms with Crippen molar-refractivity contribution in [2.45, 2.75) is 13.3 Å². The Morgan fingerprint density at radius 3 is 2.91 bits per heavy atom. The topological polar surface area (TPSA) is 83.7 Å². The molecule has 0 radical (unpaired) electrons. The number of anilines is 2. The van der Waals surface area contributed by atoms with Crippen LogP contribution in [-0.4, -0.2) is 33.0 Å². The zero-order valence-electron chi connectivity index (χ0n) is 12.5. The van der Waals surface area contributed by atoms with Crippen LogP contribution in [0.2, 0.25) is 0 Å². The Hall–Kier alpha value is -2.63. The van der Waals surface area contributed by atoms with Crippen LogP contribution in [-0.2, 0) is 0 Å². The Balaban J connectivity index is 1.90. The second-order valence-corrected chi connectivity index (χ2v) is 5.90. The molecule has 0 aliphatic carbocycles. The van der Waals surface area contributed by atoms with Gasteiger partial charge in [0.1, 0.15) is 5.65 Å². The molecule has 0 aromatic carbocycles. The maximum Gasteiger partial charge on any atom is 0.220 e. The minimum Gasteiger partial charge on any atom is -0.371 e. The number of fused-ring (bicyclic) bond motifs is 1. The fraction of sp³-hybridized carbons (Fsp3) is 0.312. The Morgan fingerprint density at radius 1 is 1.27 bits per heavy atom. The van der Waals surface area contributed by atoms with Crippen LogP contribution in [0.3, 0.4) is 0 Å². The van der Waals surface area contributed by atoms with E-state index in [1.165, 1.54) is 12.1 Å². The van der Waals surface area contributed by atoms with Gasteiger partial charge in [0, 0.05) is 42.9 Å². The van der Waals surface area contributed by atoms with E-state index in [2.05, 4.69) is 37.8 Å². The summed E-state index contributed by atoms with van der Waals surface area (Å²) in [6.45, 7) is 4.45. The highest BCUT2D eigenvalue weighted by Gasteiger charge is 2.23. The van der Waals surface area contributed by atoms with Crippen molar-refractivity contribution in [2.75, 3.05) is 23.7 Å². The molecular weight excluding hydrogens is 276 g/mol. The summed E-state index contributed by atoms with van der Waals surface area (Å²) in [7, 11) is 0. The highest BCUT2D eigenvalue weighted by Crippen LogP contribution is 2.36. The summed E-state index contributed by atoms with van der Waals surface area (Å²) in [6, 6.07) is 3.96. The van der Waals surface area contributed by atoms with Crippen LogP contribution in [0.25, 0.3) is 22.3 Å². The molecule has 4 heterocycles. The molecule has 0 amide bonds. The number of rotatable bonds is 2. The van der Waals surface area contributed by atoms with Gasteiger partial charge in [-0.1, -0.05) is 6.92 Å². The minimum atomic E-state index is 0.284. The van der Waals surface area contributed by atoms with Crippen molar-refractivity contribution in [1.29, 1.82) is 0 Å². The van der Waals surface area contributed by atoms with E-state index in [1.54, 1.807) is 6.20 Å². The number of nitrogen functional groups attached to an aromatic ring is 1. The molecule has 1 aliphatic heterocycles. The average Bonchev–Trinajstić information content (AvgIpc) is 3.13. The molecule has 3 N–H and O–H groups in total. The predicted octanol–water partition coefficient (Wildman–Crippen LogP) is 2.45. The van der Waals surface area contributed by atoms with Crippen LogP contribution in [0.4, 0.5) is 11.6 Å². The smallest absolute Gasteiger partial charge is 0.220 e. The molecule has 6 heteroatoms. The van der Waals surface area contributed by atoms with Gasteiger partial charge in [0.05, 0.1) is 11.1 Å². The first-order chi connectivity index (χ1) is 10.7. The van der Waals surface area contributed by atoms with Crippen LogP contribution in [0.5, 0.6) is 0 Å². The van der Waals surface area contributed by atoms with Gasteiger partial charge >= 0.3 is 0 Å². The first-order valence-electron chi connectivity index (χ1n) is 7.52. The van der Waals surface area contributed by atoms with Crippen LogP contribution in [0.1, 0.15) is 13.3 Å². The second-order valence-electron chi connectivity index (χ2n) is 5.90. The summed E-state index contributed by atoms with van der Waals surface area (Å²) in [5.74, 6) is 1.01. The molecule has 1 atom stereocenters. The van der Waals surface area contributed by atoms with Gasteiger partial charge in [-0.05, 0) is 24.5 Å². The zero-order valence-corrected chi connectivity index (χ0v) is 12.5. The van der Waals surface area contributed by atoms with Crippen LogP contribution in [0, 0.1) is 5.92 Å². The molecule has 1 aliphatic rings. The first kappa shape index (κ1) is 13.1. The molecule has 3 aromatic heterocycles. The highest BCUT2D eigenvalue weighted by atomic mass is 15.2. The highest BCUT2D eigenvalue weighted by molar-refractivity contribution is 6.02. The first-order valence-corrected chi connectivity index (χ1v) is 7.52. The van der Waals surface area contributed by atoms with Gasteiger partial charge in [0.2, 0.25) is 5.95 Å². The lowest BCUT2D eigenvalue weighted by Crippen LogP contribution is -2.19. The predicted molar refractivity (Wildman–Crippen MR) is 87.5 cm³/mol. The average molecular weight is 294 g/mol. The van der Waals surface area contributed by atoms with Crippen LogP contribution >= 0.6 is 0 Å². The van der Waals surface area contributed by atoms with Gasteiger partial charge < -0.3 is 15.6 Å². The van der Waals surface area contributed by atoms with Gasteiger partial charge in [-0.2, -0.15) is 0 Å². The molecule has 4 rings (SSSR count). The number of aromatic nitrogens is 4. The molecular formula is C16H18N6. The Bertz CT molecular complexity index is 824. The van der Waals surface area contributed by atoms with Gasteiger partial charge in [-0.25, -0.2) is 15.0 Å². The van der Waals surface area contributed by atoms with Gasteiger partial charge in [-0.15, -0.1) is 0 Å². The van der Waals surface area contributed by atoms with E-state index in [4.69, 9.17) is 5.73 Å². The monoisotopic (exact) mass is 294 g/mol. The molecule has 0 saturated carbocycles. The van der Waals surface area contributed by atoms with Crippen molar-refractivity contribution in [1.82, 2.24) is 19.9 Å². The van der Waals surface area contributed by atoms with Gasteiger partial charge in [0.25, 0.3) is 0 Å². The molecule has 112 valence electrons. The maximum atomic E-state index is 5.73. The van der Waals surface area contributed by atoms with Gasteiger partial charge in [0.15, 0.2) is 0 Å². The second kappa shape index (κ2) is 4.98. The van der Waals surface area contributed by atoms with E-state index in [0.717, 1.165) is 41.3 Å². The van der Waals surface area contributed by atoms with Crippen molar-refractivity contribution < 1.29 is 0 Å². The van der Waals surface area contributed by atoms with Crippen molar-refractivity contribution in [2.24, 2.45) is 5.92 Å². The van der Waals surface area contributed by atoms with Crippen LogP contribution < -0.4 is 10.6 Å². The Kier molecular flexibility index (Phi) is 2.96. The Morgan fingerprint density at radius 2 is 2.14 bits per heavy atom. The quantitative estimate of drug-likeness (QED) is 0.758. The summed E-state index contributed by atoms with van der Waals surface area (Å²) in [4.78, 5) is 18.4. The summed E-state index contributed by atoms with van der Waals surface area (Å²) < 4.78 is 0. The van der Waals surface area contributed by atoms with Crippen molar-refractivity contribution in [3.8, 4) is 11.3 Å². The molecule has 0 spiro atoms. The molecule has 6 nitrogen and oxygen atoms in total. The molecule has 1 fully saturated rings. The van der Waals surface area contributed by atoms with E-state index in [9.17, 15) is 0 Å². The van der Waals surface area contributed by atoms with Crippen LogP contribution in [0.15, 0.2) is 30.7 Å². The summed E-state index contributed by atoms with van der Waals surface area (Å²) in [5, 5.41) is 1.11. The standard InChI is InChI=1S/C16H18N6/c1-10-4-7-22(9-10)13-3-6-18-15-14(13)11(8-20-15)12-2-5-19-16(17)21-12/h2-3,5-6,8,10H,4,7,9H2,1H3,(H,18,20)(H2,17,19,21)/t10-/m0/s1. The number of pyridine rings is 1. The zero-order chi connectivity index (χ0) is 15.1. The third kappa shape index (κ3) is 2.07. The fourth-order valence-corrected chi connectivity index (χ4v) is 3.18. The summed E-state index contributed by atoms with van der Waals surface area (Å²) >= 11 is 0. The lowest BCUT2D eigenvalue weighted by atomic mass is 10.1. The molecule has 22 heavy (non-hydrogen) atoms. The SMILES string of the molecule is C[C@H]1CCN(c2ccnc3[nH]cc(-c4ccnc(N)n4)c23)C1. The summed E-state index contributed by atoms with van der Waals surface area (Å²) in [6.07, 6.45) is 6.71. The van der Waals surface area contributed by atoms with E-state index in [0.29, 0.717) is 0 Å². The number of hydrogen-bond donors (Lipinski definition) is 2. The lowest BCUT2D eigenvalue weighted by molar-refractivity contribution is 0.659. The third-order valence-corrected chi connectivity index (χ3v) is 4.27. The van der Waals surface area contributed by atoms with Crippen molar-refractivity contribution in [3.05, 3.63) is 30.7 Å². The lowest BCUT2D eigenvalue weighted by Gasteiger charge is -2.19. The number of nitrogens with two attached hydrogens (primary N) is 1. The number of H-pyrrole nitrogens is 1. The molecule has 1 saturated heterocycles. The maximum absolute atomic E-state index is 5.73. The van der Waals surface area contributed by atoms with Crippen molar-refractivity contribution in [3.63, 3.8) is 0 Å². The largest absolute Gasteiger partial charge is 0.371 e. The third-order valence-electron chi connectivity index (χ3n) is 4.27. The van der Waals surface area contributed by atoms with E-state index in [1.807, 2.05) is 18.5 Å². The van der Waals surface area contributed by atoms with Crippen molar-refractivity contribution >= 4 is 22.7 Å². The molecule has 0 unspecified atom stereocenters. The van der Waals surface area contributed by atoms with E-state index < -0.39 is 0 Å². The Labute approximate surface area is 128 Å². The summed E-state index contributed by atoms with van der Waals surface area (Å²) in [5.41, 5.74) is 9.66. The normalized spacial score (nSPS) is 18.2. The number of nitrogens with one attached hydrogen (secondary N) is 1. The number of hydrogen-bond acceptors (Lipinski definition) is 5.